The maximum atomic E-state index is 13.5. The van der Waals surface area contributed by atoms with E-state index in [1.807, 2.05) is 18.2 Å². The second-order valence-electron chi connectivity index (χ2n) is 7.99. The van der Waals surface area contributed by atoms with Crippen LogP contribution in [0.4, 0.5) is 8.78 Å². The van der Waals surface area contributed by atoms with Crippen LogP contribution in [0, 0.1) is 11.6 Å². The van der Waals surface area contributed by atoms with Gasteiger partial charge >= 0.3 is 0 Å². The Balaban J connectivity index is 1.31. The molecule has 0 radical (unpaired) electrons. The molecule has 4 aromatic rings. The van der Waals surface area contributed by atoms with Crippen LogP contribution in [0.15, 0.2) is 65.6 Å². The highest BCUT2D eigenvalue weighted by Gasteiger charge is 2.22. The third kappa shape index (κ3) is 4.55. The average molecular weight is 465 g/mol. The van der Waals surface area contributed by atoms with E-state index < -0.39 is 11.6 Å². The monoisotopic (exact) mass is 464 g/mol. The van der Waals surface area contributed by atoms with Crippen molar-refractivity contribution in [3.63, 3.8) is 0 Å². The van der Waals surface area contributed by atoms with Gasteiger partial charge in [0.25, 0.3) is 5.56 Å². The van der Waals surface area contributed by atoms with Gasteiger partial charge in [-0.15, -0.1) is 0 Å². The quantitative estimate of drug-likeness (QED) is 0.462. The van der Waals surface area contributed by atoms with Crippen LogP contribution in [-0.2, 0) is 19.5 Å². The molecular formula is C25H19ClF2N4O. The molecule has 0 saturated heterocycles. The summed E-state index contributed by atoms with van der Waals surface area (Å²) in [4.78, 5) is 26.9. The number of hydrogen-bond donors (Lipinski definition) is 1. The van der Waals surface area contributed by atoms with Crippen LogP contribution < -0.4 is 5.56 Å². The fourth-order valence-electron chi connectivity index (χ4n) is 3.96. The van der Waals surface area contributed by atoms with Crippen molar-refractivity contribution in [1.29, 1.82) is 0 Å². The van der Waals surface area contributed by atoms with E-state index >= 15 is 0 Å². The number of fused-ring (bicyclic) bond motifs is 1. The van der Waals surface area contributed by atoms with Crippen molar-refractivity contribution in [3.8, 4) is 22.6 Å². The molecule has 0 spiro atoms. The van der Waals surface area contributed by atoms with Gasteiger partial charge in [-0.25, -0.2) is 13.8 Å². The van der Waals surface area contributed by atoms with Gasteiger partial charge in [0.2, 0.25) is 0 Å². The van der Waals surface area contributed by atoms with Crippen molar-refractivity contribution < 1.29 is 8.78 Å². The summed E-state index contributed by atoms with van der Waals surface area (Å²) in [5.41, 5.74) is 4.21. The molecule has 0 saturated carbocycles. The van der Waals surface area contributed by atoms with Gasteiger partial charge in [0.15, 0.2) is 11.6 Å². The molecule has 0 fully saturated rings. The van der Waals surface area contributed by atoms with E-state index in [1.54, 1.807) is 24.4 Å². The molecule has 2 aromatic heterocycles. The first-order valence-corrected chi connectivity index (χ1v) is 10.8. The number of nitrogens with zero attached hydrogens (tertiary/aromatic N) is 3. The Hall–Kier alpha value is -3.42. The lowest BCUT2D eigenvalue weighted by atomic mass is 10.1. The lowest BCUT2D eigenvalue weighted by Gasteiger charge is -2.27. The van der Waals surface area contributed by atoms with Crippen molar-refractivity contribution in [2.24, 2.45) is 0 Å². The SMILES string of the molecule is O=c1[nH]c(-c2ccc(Cl)cc2)nc2c1CN(Cc1ccc(-c3ccc(F)c(F)c3)nc1)CC2. The van der Waals surface area contributed by atoms with Crippen molar-refractivity contribution >= 4 is 11.6 Å². The molecule has 0 atom stereocenters. The molecule has 8 heteroatoms. The highest BCUT2D eigenvalue weighted by Crippen LogP contribution is 2.23. The van der Waals surface area contributed by atoms with Gasteiger partial charge in [0.05, 0.1) is 17.0 Å². The largest absolute Gasteiger partial charge is 0.306 e. The van der Waals surface area contributed by atoms with Crippen LogP contribution in [-0.4, -0.2) is 26.4 Å². The highest BCUT2D eigenvalue weighted by atomic mass is 35.5. The summed E-state index contributed by atoms with van der Waals surface area (Å²) in [6, 6.07) is 14.6. The zero-order valence-corrected chi connectivity index (χ0v) is 18.2. The first-order chi connectivity index (χ1) is 16.0. The standard InChI is InChI=1S/C25H19ClF2N4O/c26-18-5-2-16(3-6-18)24-30-23-9-10-32(14-19(23)25(33)31-24)13-15-1-8-22(29-12-15)17-4-7-20(27)21(28)11-17/h1-8,11-12H,9-10,13-14H2,(H,30,31,33). The van der Waals surface area contributed by atoms with Crippen LogP contribution >= 0.6 is 11.6 Å². The van der Waals surface area contributed by atoms with E-state index in [1.165, 1.54) is 6.07 Å². The van der Waals surface area contributed by atoms with Gasteiger partial charge in [-0.1, -0.05) is 17.7 Å². The number of H-pyrrole nitrogens is 1. The van der Waals surface area contributed by atoms with Gasteiger partial charge in [-0.3, -0.25) is 14.7 Å². The Morgan fingerprint density at radius 1 is 1.00 bits per heavy atom. The summed E-state index contributed by atoms with van der Waals surface area (Å²) >= 11 is 5.95. The highest BCUT2D eigenvalue weighted by molar-refractivity contribution is 6.30. The predicted molar refractivity (Wildman–Crippen MR) is 123 cm³/mol. The number of aromatic nitrogens is 3. The fourth-order valence-corrected chi connectivity index (χ4v) is 4.09. The number of hydrogen-bond acceptors (Lipinski definition) is 4. The minimum absolute atomic E-state index is 0.138. The van der Waals surface area contributed by atoms with Crippen molar-refractivity contribution in [2.75, 3.05) is 6.54 Å². The molecule has 5 rings (SSSR count). The maximum Gasteiger partial charge on any atom is 0.255 e. The van der Waals surface area contributed by atoms with E-state index in [-0.39, 0.29) is 5.56 Å². The smallest absolute Gasteiger partial charge is 0.255 e. The van der Waals surface area contributed by atoms with Crippen LogP contribution in [0.3, 0.4) is 0 Å². The van der Waals surface area contributed by atoms with E-state index in [4.69, 9.17) is 11.6 Å². The minimum Gasteiger partial charge on any atom is -0.306 e. The second kappa shape index (κ2) is 8.84. The lowest BCUT2D eigenvalue weighted by molar-refractivity contribution is 0.241. The predicted octanol–water partition coefficient (Wildman–Crippen LogP) is 4.99. The molecule has 5 nitrogen and oxygen atoms in total. The van der Waals surface area contributed by atoms with Crippen molar-refractivity contribution in [2.45, 2.75) is 19.5 Å². The zero-order chi connectivity index (χ0) is 22.9. The molecular weight excluding hydrogens is 446 g/mol. The fraction of sp³-hybridized carbons (Fsp3) is 0.160. The second-order valence-corrected chi connectivity index (χ2v) is 8.42. The molecule has 166 valence electrons. The summed E-state index contributed by atoms with van der Waals surface area (Å²) in [7, 11) is 0. The first-order valence-electron chi connectivity index (χ1n) is 10.5. The number of nitrogens with one attached hydrogen (secondary N) is 1. The first kappa shape index (κ1) is 21.4. The number of pyridine rings is 1. The Bertz CT molecular complexity index is 1370. The third-order valence-electron chi connectivity index (χ3n) is 5.71. The van der Waals surface area contributed by atoms with Crippen LogP contribution in [0.25, 0.3) is 22.6 Å². The molecule has 2 aromatic carbocycles. The van der Waals surface area contributed by atoms with Gasteiger partial charge < -0.3 is 4.98 Å². The van der Waals surface area contributed by atoms with Crippen molar-refractivity contribution in [1.82, 2.24) is 19.9 Å². The summed E-state index contributed by atoms with van der Waals surface area (Å²) in [6.45, 7) is 1.86. The van der Waals surface area contributed by atoms with Crippen LogP contribution in [0.5, 0.6) is 0 Å². The Morgan fingerprint density at radius 3 is 2.52 bits per heavy atom. The van der Waals surface area contributed by atoms with Gasteiger partial charge in [0.1, 0.15) is 5.82 Å². The lowest BCUT2D eigenvalue weighted by Crippen LogP contribution is -2.35. The maximum absolute atomic E-state index is 13.5. The van der Waals surface area contributed by atoms with E-state index in [0.717, 1.165) is 35.5 Å². The van der Waals surface area contributed by atoms with E-state index in [9.17, 15) is 13.6 Å². The average Bonchev–Trinajstić information content (AvgIpc) is 2.82. The van der Waals surface area contributed by atoms with Crippen LogP contribution in [0.2, 0.25) is 5.02 Å². The third-order valence-corrected chi connectivity index (χ3v) is 5.96. The van der Waals surface area contributed by atoms with E-state index in [0.29, 0.717) is 47.2 Å². The summed E-state index contributed by atoms with van der Waals surface area (Å²) in [5.74, 6) is -1.24. The molecule has 0 unspecified atom stereocenters. The zero-order valence-electron chi connectivity index (χ0n) is 17.5. The van der Waals surface area contributed by atoms with Crippen LogP contribution in [0.1, 0.15) is 16.8 Å². The molecule has 1 N–H and O–H groups in total. The normalized spacial score (nSPS) is 13.7. The Morgan fingerprint density at radius 2 is 1.79 bits per heavy atom. The molecule has 3 heterocycles. The topological polar surface area (TPSA) is 61.9 Å². The summed E-state index contributed by atoms with van der Waals surface area (Å²) in [6.07, 6.45) is 2.39. The molecule has 0 aliphatic carbocycles. The van der Waals surface area contributed by atoms with Crippen molar-refractivity contribution in [3.05, 3.63) is 105 Å². The molecule has 33 heavy (non-hydrogen) atoms. The molecule has 1 aliphatic rings. The minimum atomic E-state index is -0.900. The molecule has 1 aliphatic heterocycles. The number of benzene rings is 2. The number of halogens is 3. The summed E-state index contributed by atoms with van der Waals surface area (Å²) in [5, 5.41) is 0.627. The Kier molecular flexibility index (Phi) is 5.74. The number of aromatic amines is 1. The molecule has 0 amide bonds. The van der Waals surface area contributed by atoms with Gasteiger partial charge in [-0.2, -0.15) is 0 Å². The summed E-state index contributed by atoms with van der Waals surface area (Å²) < 4.78 is 26.7. The number of rotatable bonds is 4. The van der Waals surface area contributed by atoms with Gasteiger partial charge in [0, 0.05) is 48.4 Å². The van der Waals surface area contributed by atoms with Gasteiger partial charge in [-0.05, 0) is 54.1 Å². The Labute approximate surface area is 193 Å². The van der Waals surface area contributed by atoms with E-state index in [2.05, 4.69) is 19.9 Å². The molecule has 0 bridgehead atoms.